The zero-order chi connectivity index (χ0) is 14.9. The lowest BCUT2D eigenvalue weighted by Gasteiger charge is -2.11. The number of sulfonamides is 1. The summed E-state index contributed by atoms with van der Waals surface area (Å²) < 4.78 is 27.7. The maximum absolute atomic E-state index is 12.3. The topological polar surface area (TPSA) is 46.2 Å². The van der Waals surface area contributed by atoms with Crippen LogP contribution in [0.25, 0.3) is 0 Å². The molecule has 0 spiro atoms. The molecule has 0 aliphatic carbocycles. The van der Waals surface area contributed by atoms with E-state index in [1.54, 1.807) is 18.2 Å². The minimum absolute atomic E-state index is 0.0788. The average molecular weight is 416 g/mol. The molecule has 106 valence electrons. The Morgan fingerprint density at radius 2 is 1.65 bits per heavy atom. The first-order valence-corrected chi connectivity index (χ1v) is 8.63. The normalized spacial score (nSPS) is 11.4. The fourth-order valence-corrected chi connectivity index (χ4v) is 4.08. The van der Waals surface area contributed by atoms with Gasteiger partial charge in [-0.1, -0.05) is 50.7 Å². The minimum Gasteiger partial charge on any atom is -0.278 e. The predicted octanol–water partition coefficient (Wildman–Crippen LogP) is 5.21. The van der Waals surface area contributed by atoms with Crippen molar-refractivity contribution in [2.75, 3.05) is 4.72 Å². The number of nitrogens with one attached hydrogen (secondary N) is 1. The second kappa shape index (κ2) is 6.12. The van der Waals surface area contributed by atoms with Gasteiger partial charge in [0, 0.05) is 9.50 Å². The van der Waals surface area contributed by atoms with Crippen LogP contribution in [0.1, 0.15) is 0 Å². The van der Waals surface area contributed by atoms with Crippen molar-refractivity contribution in [1.82, 2.24) is 0 Å². The highest BCUT2D eigenvalue weighted by Gasteiger charge is 2.19. The predicted molar refractivity (Wildman–Crippen MR) is 86.4 cm³/mol. The standard InChI is InChI=1S/C12H7BrCl3NO2S/c13-7-1-4-11(10(16)5-7)17-20(18,19)12-6-8(14)2-3-9(12)15/h1-6,17H. The molecule has 0 heterocycles. The van der Waals surface area contributed by atoms with E-state index in [9.17, 15) is 8.42 Å². The number of anilines is 1. The van der Waals surface area contributed by atoms with E-state index in [2.05, 4.69) is 20.7 Å². The molecule has 2 aromatic carbocycles. The van der Waals surface area contributed by atoms with E-state index in [1.165, 1.54) is 18.2 Å². The van der Waals surface area contributed by atoms with Crippen molar-refractivity contribution < 1.29 is 8.42 Å². The largest absolute Gasteiger partial charge is 0.278 e. The van der Waals surface area contributed by atoms with Crippen molar-refractivity contribution >= 4 is 66.4 Å². The second-order valence-corrected chi connectivity index (χ2v) is 7.62. The SMILES string of the molecule is O=S(=O)(Nc1ccc(Br)cc1Cl)c1cc(Cl)ccc1Cl. The molecule has 1 N–H and O–H groups in total. The van der Waals surface area contributed by atoms with Gasteiger partial charge in [-0.25, -0.2) is 8.42 Å². The Hall–Kier alpha value is -0.460. The van der Waals surface area contributed by atoms with Crippen LogP contribution in [0.3, 0.4) is 0 Å². The molecule has 0 saturated carbocycles. The Labute approximate surface area is 140 Å². The molecule has 0 atom stereocenters. The lowest BCUT2D eigenvalue weighted by Crippen LogP contribution is -2.13. The molecule has 0 amide bonds. The molecule has 0 bridgehead atoms. The highest BCUT2D eigenvalue weighted by molar-refractivity contribution is 9.10. The summed E-state index contributed by atoms with van der Waals surface area (Å²) >= 11 is 20.9. The maximum Gasteiger partial charge on any atom is 0.263 e. The fourth-order valence-electron chi connectivity index (χ4n) is 1.46. The van der Waals surface area contributed by atoms with E-state index >= 15 is 0 Å². The molecule has 2 rings (SSSR count). The summed E-state index contributed by atoms with van der Waals surface area (Å²) in [5, 5.41) is 0.618. The molecule has 3 nitrogen and oxygen atoms in total. The molecular formula is C12H7BrCl3NO2S. The Kier molecular flexibility index (Phi) is 4.87. The molecule has 0 saturated heterocycles. The van der Waals surface area contributed by atoms with E-state index in [0.29, 0.717) is 0 Å². The molecule has 0 fully saturated rings. The summed E-state index contributed by atoms with van der Waals surface area (Å²) in [5.41, 5.74) is 0.255. The van der Waals surface area contributed by atoms with E-state index < -0.39 is 10.0 Å². The summed E-state index contributed by atoms with van der Waals surface area (Å²) in [5.74, 6) is 0. The van der Waals surface area contributed by atoms with Gasteiger partial charge in [-0.15, -0.1) is 0 Å². The van der Waals surface area contributed by atoms with Crippen molar-refractivity contribution in [1.29, 1.82) is 0 Å². The molecule has 0 aliphatic rings. The Bertz CT molecular complexity index is 765. The van der Waals surface area contributed by atoms with Gasteiger partial charge in [-0.05, 0) is 36.4 Å². The average Bonchev–Trinajstić information content (AvgIpc) is 2.35. The van der Waals surface area contributed by atoms with Gasteiger partial charge in [0.15, 0.2) is 0 Å². The highest BCUT2D eigenvalue weighted by atomic mass is 79.9. The van der Waals surface area contributed by atoms with E-state index in [4.69, 9.17) is 34.8 Å². The molecule has 0 unspecified atom stereocenters. The van der Waals surface area contributed by atoms with Gasteiger partial charge in [0.25, 0.3) is 10.0 Å². The summed E-state index contributed by atoms with van der Waals surface area (Å²) in [6.45, 7) is 0. The smallest absolute Gasteiger partial charge is 0.263 e. The summed E-state index contributed by atoms with van der Waals surface area (Å²) in [4.78, 5) is -0.106. The zero-order valence-corrected chi connectivity index (χ0v) is 14.4. The van der Waals surface area contributed by atoms with Gasteiger partial charge in [-0.2, -0.15) is 0 Å². The van der Waals surface area contributed by atoms with Crippen LogP contribution >= 0.6 is 50.7 Å². The number of hydrogen-bond donors (Lipinski definition) is 1. The van der Waals surface area contributed by atoms with Gasteiger partial charge in [0.2, 0.25) is 0 Å². The lowest BCUT2D eigenvalue weighted by atomic mass is 10.3. The van der Waals surface area contributed by atoms with Crippen LogP contribution in [-0.4, -0.2) is 8.42 Å². The first kappa shape index (κ1) is 15.9. The molecule has 0 radical (unpaired) electrons. The molecular weight excluding hydrogens is 408 g/mol. The first-order chi connectivity index (χ1) is 9.29. The third-order valence-electron chi connectivity index (χ3n) is 2.36. The van der Waals surface area contributed by atoms with Crippen LogP contribution < -0.4 is 4.72 Å². The molecule has 8 heteroatoms. The number of rotatable bonds is 3. The lowest BCUT2D eigenvalue weighted by molar-refractivity contribution is 0.601. The first-order valence-electron chi connectivity index (χ1n) is 5.22. The number of hydrogen-bond acceptors (Lipinski definition) is 2. The summed E-state index contributed by atoms with van der Waals surface area (Å²) in [6.07, 6.45) is 0. The van der Waals surface area contributed by atoms with Crippen LogP contribution in [-0.2, 0) is 10.0 Å². The summed E-state index contributed by atoms with van der Waals surface area (Å²) in [6, 6.07) is 9.00. The van der Waals surface area contributed by atoms with Gasteiger partial charge < -0.3 is 0 Å². The third kappa shape index (κ3) is 3.59. The van der Waals surface area contributed by atoms with Crippen molar-refractivity contribution in [2.45, 2.75) is 4.90 Å². The summed E-state index contributed by atoms with van der Waals surface area (Å²) in [7, 11) is -3.87. The van der Waals surface area contributed by atoms with Gasteiger partial charge in [0.05, 0.1) is 15.7 Å². The van der Waals surface area contributed by atoms with E-state index in [0.717, 1.165) is 4.47 Å². The molecule has 20 heavy (non-hydrogen) atoms. The number of halogens is 4. The Morgan fingerprint density at radius 3 is 2.30 bits per heavy atom. The van der Waals surface area contributed by atoms with Gasteiger partial charge in [-0.3, -0.25) is 4.72 Å². The van der Waals surface area contributed by atoms with Crippen LogP contribution in [0.2, 0.25) is 15.1 Å². The quantitative estimate of drug-likeness (QED) is 0.748. The molecule has 0 aromatic heterocycles. The molecule has 2 aromatic rings. The van der Waals surface area contributed by atoms with Gasteiger partial charge in [0.1, 0.15) is 4.90 Å². The van der Waals surface area contributed by atoms with Crippen LogP contribution in [0.5, 0.6) is 0 Å². The Balaban J connectivity index is 2.43. The number of benzene rings is 2. The van der Waals surface area contributed by atoms with Crippen LogP contribution in [0, 0.1) is 0 Å². The maximum atomic E-state index is 12.3. The van der Waals surface area contributed by atoms with E-state index in [-0.39, 0.29) is 25.7 Å². The van der Waals surface area contributed by atoms with Crippen molar-refractivity contribution in [2.24, 2.45) is 0 Å². The molecule has 0 aliphatic heterocycles. The fraction of sp³-hybridized carbons (Fsp3) is 0. The third-order valence-corrected chi connectivity index (χ3v) is 5.25. The van der Waals surface area contributed by atoms with Crippen molar-refractivity contribution in [3.8, 4) is 0 Å². The highest BCUT2D eigenvalue weighted by Crippen LogP contribution is 2.30. The van der Waals surface area contributed by atoms with Crippen LogP contribution in [0.4, 0.5) is 5.69 Å². The van der Waals surface area contributed by atoms with Crippen molar-refractivity contribution in [3.05, 3.63) is 55.9 Å². The van der Waals surface area contributed by atoms with Crippen molar-refractivity contribution in [3.63, 3.8) is 0 Å². The van der Waals surface area contributed by atoms with E-state index in [1.807, 2.05) is 0 Å². The zero-order valence-electron chi connectivity index (χ0n) is 9.70. The van der Waals surface area contributed by atoms with Gasteiger partial charge >= 0.3 is 0 Å². The minimum atomic E-state index is -3.87. The van der Waals surface area contributed by atoms with Crippen LogP contribution in [0.15, 0.2) is 45.8 Å². The monoisotopic (exact) mass is 413 g/mol. The Morgan fingerprint density at radius 1 is 0.950 bits per heavy atom. The second-order valence-electron chi connectivity index (χ2n) is 3.80.